The first-order chi connectivity index (χ1) is 14.7. The van der Waals surface area contributed by atoms with E-state index in [9.17, 15) is 9.90 Å². The highest BCUT2D eigenvalue weighted by Gasteiger charge is 2.31. The number of fused-ring (bicyclic) bond motifs is 4. The van der Waals surface area contributed by atoms with Crippen molar-refractivity contribution in [2.45, 2.75) is 24.8 Å². The molecule has 0 aliphatic heterocycles. The van der Waals surface area contributed by atoms with Gasteiger partial charge in [0.05, 0.1) is 12.6 Å². The van der Waals surface area contributed by atoms with Crippen molar-refractivity contribution in [2.75, 3.05) is 13.2 Å². The lowest BCUT2D eigenvalue weighted by atomic mass is 9.97. The maximum Gasteiger partial charge on any atom is 0.407 e. The zero-order valence-electron chi connectivity index (χ0n) is 16.8. The summed E-state index contributed by atoms with van der Waals surface area (Å²) in [6.07, 6.45) is 1.27. The predicted molar refractivity (Wildman–Crippen MR) is 116 cm³/mol. The van der Waals surface area contributed by atoms with Crippen LogP contribution < -0.4 is 5.32 Å². The Morgan fingerprint density at radius 2 is 1.43 bits per heavy atom. The summed E-state index contributed by atoms with van der Waals surface area (Å²) in [6.45, 7) is 0.186. The summed E-state index contributed by atoms with van der Waals surface area (Å²) in [5, 5.41) is 12.8. The smallest absolute Gasteiger partial charge is 0.407 e. The molecule has 0 unspecified atom stereocenters. The van der Waals surface area contributed by atoms with E-state index in [1.165, 1.54) is 33.4 Å². The van der Waals surface area contributed by atoms with Crippen LogP contribution in [-0.4, -0.2) is 30.5 Å². The molecule has 0 saturated heterocycles. The molecule has 0 spiro atoms. The van der Waals surface area contributed by atoms with Crippen LogP contribution in [0.2, 0.25) is 0 Å². The fourth-order valence-electron chi connectivity index (χ4n) is 4.98. The van der Waals surface area contributed by atoms with Crippen LogP contribution in [0.5, 0.6) is 0 Å². The number of carbonyl (C=O) groups excluding carboxylic acids is 1. The summed E-state index contributed by atoms with van der Waals surface area (Å²) in [7, 11) is 0. The van der Waals surface area contributed by atoms with E-state index < -0.39 is 6.09 Å². The fourth-order valence-corrected chi connectivity index (χ4v) is 4.98. The van der Waals surface area contributed by atoms with Crippen molar-refractivity contribution in [1.29, 1.82) is 0 Å². The maximum atomic E-state index is 12.6. The van der Waals surface area contributed by atoms with Crippen molar-refractivity contribution in [3.05, 3.63) is 95.1 Å². The molecule has 2 aliphatic rings. The standard InChI is InChI=1S/C26H25NO3/c28-15-25(19-13-17-7-1-2-8-18(17)14-19)27-26(29)30-16-24-22-11-5-3-9-20(22)21-10-4-6-12-23(21)24/h1-12,19,24-25,28H,13-16H2,(H,27,29)/t25-/m1/s1. The van der Waals surface area contributed by atoms with E-state index >= 15 is 0 Å². The Morgan fingerprint density at radius 3 is 2.00 bits per heavy atom. The Bertz CT molecular complexity index is 1010. The molecule has 2 N–H and O–H groups in total. The topological polar surface area (TPSA) is 58.6 Å². The van der Waals surface area contributed by atoms with Crippen molar-refractivity contribution >= 4 is 6.09 Å². The molecule has 0 aromatic heterocycles. The van der Waals surface area contributed by atoms with E-state index in [4.69, 9.17) is 4.74 Å². The molecule has 30 heavy (non-hydrogen) atoms. The number of hydrogen-bond acceptors (Lipinski definition) is 3. The largest absolute Gasteiger partial charge is 0.449 e. The number of nitrogens with one attached hydrogen (secondary N) is 1. The van der Waals surface area contributed by atoms with Gasteiger partial charge in [-0.15, -0.1) is 0 Å². The molecule has 3 aromatic rings. The number of ether oxygens (including phenoxy) is 1. The number of hydrogen-bond donors (Lipinski definition) is 2. The summed E-state index contributed by atoms with van der Waals surface area (Å²) in [6, 6.07) is 24.6. The summed E-state index contributed by atoms with van der Waals surface area (Å²) in [5.41, 5.74) is 7.40. The van der Waals surface area contributed by atoms with Crippen molar-refractivity contribution in [2.24, 2.45) is 5.92 Å². The number of amides is 1. The van der Waals surface area contributed by atoms with Gasteiger partial charge >= 0.3 is 6.09 Å². The van der Waals surface area contributed by atoms with E-state index in [-0.39, 0.29) is 31.1 Å². The van der Waals surface area contributed by atoms with Crippen LogP contribution in [-0.2, 0) is 17.6 Å². The Hall–Kier alpha value is -3.11. The summed E-state index contributed by atoms with van der Waals surface area (Å²) >= 11 is 0. The highest BCUT2D eigenvalue weighted by Crippen LogP contribution is 2.44. The predicted octanol–water partition coefficient (Wildman–Crippen LogP) is 4.30. The minimum absolute atomic E-state index is 0.0338. The van der Waals surface area contributed by atoms with Gasteiger partial charge in [0.15, 0.2) is 0 Å². The molecule has 0 saturated carbocycles. The van der Waals surface area contributed by atoms with Crippen LogP contribution in [0.1, 0.15) is 28.2 Å². The second kappa shape index (κ2) is 7.96. The zero-order chi connectivity index (χ0) is 20.5. The Morgan fingerprint density at radius 1 is 0.900 bits per heavy atom. The van der Waals surface area contributed by atoms with E-state index in [0.717, 1.165) is 12.8 Å². The number of aliphatic hydroxyl groups is 1. The van der Waals surface area contributed by atoms with E-state index in [2.05, 4.69) is 41.7 Å². The zero-order valence-corrected chi connectivity index (χ0v) is 16.8. The molecule has 4 heteroatoms. The van der Waals surface area contributed by atoms with Crippen molar-refractivity contribution < 1.29 is 14.6 Å². The molecule has 0 fully saturated rings. The molecule has 3 aromatic carbocycles. The average Bonchev–Trinajstić information content (AvgIpc) is 3.35. The first-order valence-electron chi connectivity index (χ1n) is 10.5. The van der Waals surface area contributed by atoms with Crippen LogP contribution >= 0.6 is 0 Å². The van der Waals surface area contributed by atoms with Crippen molar-refractivity contribution in [1.82, 2.24) is 5.32 Å². The van der Waals surface area contributed by atoms with Gasteiger partial charge in [-0.3, -0.25) is 0 Å². The monoisotopic (exact) mass is 399 g/mol. The molecule has 2 aliphatic carbocycles. The first-order valence-corrected chi connectivity index (χ1v) is 10.5. The highest BCUT2D eigenvalue weighted by atomic mass is 16.5. The quantitative estimate of drug-likeness (QED) is 0.673. The second-order valence-corrected chi connectivity index (χ2v) is 8.20. The van der Waals surface area contributed by atoms with Crippen molar-refractivity contribution in [3.8, 4) is 11.1 Å². The van der Waals surface area contributed by atoms with Crippen LogP contribution in [0.15, 0.2) is 72.8 Å². The van der Waals surface area contributed by atoms with E-state index in [1.54, 1.807) is 0 Å². The van der Waals surface area contributed by atoms with Crippen LogP contribution in [0.25, 0.3) is 11.1 Å². The molecule has 5 rings (SSSR count). The molecular formula is C26H25NO3. The molecule has 0 heterocycles. The van der Waals surface area contributed by atoms with Gasteiger partial charge in [0, 0.05) is 5.92 Å². The number of aliphatic hydroxyl groups excluding tert-OH is 1. The highest BCUT2D eigenvalue weighted by molar-refractivity contribution is 5.79. The van der Waals surface area contributed by atoms with Gasteiger partial charge in [-0.25, -0.2) is 4.79 Å². The molecule has 152 valence electrons. The number of benzene rings is 3. The molecule has 4 nitrogen and oxygen atoms in total. The Kier molecular flexibility index (Phi) is 5.01. The van der Waals surface area contributed by atoms with Gasteiger partial charge in [0.2, 0.25) is 0 Å². The van der Waals surface area contributed by atoms with Gasteiger partial charge in [-0.1, -0.05) is 72.8 Å². The molecule has 1 amide bonds. The first kappa shape index (κ1) is 18.9. The van der Waals surface area contributed by atoms with Gasteiger partial charge in [0.1, 0.15) is 6.61 Å². The van der Waals surface area contributed by atoms with Crippen LogP contribution in [0, 0.1) is 5.92 Å². The Balaban J connectivity index is 1.24. The van der Waals surface area contributed by atoms with Gasteiger partial charge in [-0.2, -0.15) is 0 Å². The average molecular weight is 399 g/mol. The molecule has 0 bridgehead atoms. The maximum absolute atomic E-state index is 12.6. The number of rotatable bonds is 5. The lowest BCUT2D eigenvalue weighted by molar-refractivity contribution is 0.124. The lowest BCUT2D eigenvalue weighted by Gasteiger charge is -2.23. The van der Waals surface area contributed by atoms with E-state index in [1.807, 2.05) is 36.4 Å². The third kappa shape index (κ3) is 3.37. The van der Waals surface area contributed by atoms with Crippen LogP contribution in [0.3, 0.4) is 0 Å². The van der Waals surface area contributed by atoms with Gasteiger partial charge < -0.3 is 15.2 Å². The van der Waals surface area contributed by atoms with Crippen molar-refractivity contribution in [3.63, 3.8) is 0 Å². The second-order valence-electron chi connectivity index (χ2n) is 8.20. The minimum Gasteiger partial charge on any atom is -0.449 e. The third-order valence-electron chi connectivity index (χ3n) is 6.50. The number of alkyl carbamates (subject to hydrolysis) is 1. The molecule has 1 atom stereocenters. The van der Waals surface area contributed by atoms with Gasteiger partial charge in [0.25, 0.3) is 0 Å². The third-order valence-corrected chi connectivity index (χ3v) is 6.50. The minimum atomic E-state index is -0.466. The summed E-state index contributed by atoms with van der Waals surface area (Å²) < 4.78 is 5.65. The fraction of sp³-hybridized carbons (Fsp3) is 0.269. The van der Waals surface area contributed by atoms with E-state index in [0.29, 0.717) is 0 Å². The van der Waals surface area contributed by atoms with Gasteiger partial charge in [-0.05, 0) is 52.1 Å². The Labute approximate surface area is 176 Å². The number of carbonyl (C=O) groups is 1. The molecule has 0 radical (unpaired) electrons. The molecular weight excluding hydrogens is 374 g/mol. The normalized spacial score (nSPS) is 15.9. The SMILES string of the molecule is O=C(N[C@H](CO)C1Cc2ccccc2C1)OCC1c2ccccc2-c2ccccc21. The summed E-state index contributed by atoms with van der Waals surface area (Å²) in [5.74, 6) is 0.222. The lowest BCUT2D eigenvalue weighted by Crippen LogP contribution is -2.43. The summed E-state index contributed by atoms with van der Waals surface area (Å²) in [4.78, 5) is 12.6. The van der Waals surface area contributed by atoms with Crippen LogP contribution in [0.4, 0.5) is 4.79 Å².